The molecule has 47 heavy (non-hydrogen) atoms. The maximum absolute atomic E-state index is 14.1. The van der Waals surface area contributed by atoms with Crippen LogP contribution in [0.15, 0.2) is 54.6 Å². The van der Waals surface area contributed by atoms with Crippen molar-refractivity contribution in [1.29, 1.82) is 5.26 Å². The van der Waals surface area contributed by atoms with Gasteiger partial charge in [-0.2, -0.15) is 5.26 Å². The van der Waals surface area contributed by atoms with E-state index in [0.29, 0.717) is 36.1 Å². The Bertz CT molecular complexity index is 1930. The van der Waals surface area contributed by atoms with Crippen molar-refractivity contribution < 1.29 is 23.8 Å². The Hall–Kier alpha value is -4.64. The number of carboxylic acids is 1. The minimum Gasteiger partial charge on any atom is -0.484 e. The molecule has 1 N–H and O–H groups in total. The summed E-state index contributed by atoms with van der Waals surface area (Å²) in [4.78, 5) is 23.6. The van der Waals surface area contributed by atoms with Crippen LogP contribution < -0.4 is 9.47 Å². The summed E-state index contributed by atoms with van der Waals surface area (Å²) < 4.78 is 28.2. The van der Waals surface area contributed by atoms with Crippen LogP contribution in [0.25, 0.3) is 11.0 Å². The van der Waals surface area contributed by atoms with Gasteiger partial charge in [-0.1, -0.05) is 35.6 Å². The molecular formula is C36H33ClFN5O4. The lowest BCUT2D eigenvalue weighted by Crippen LogP contribution is -2.38. The van der Waals surface area contributed by atoms with Gasteiger partial charge in [0.25, 0.3) is 0 Å². The predicted molar refractivity (Wildman–Crippen MR) is 172 cm³/mol. The van der Waals surface area contributed by atoms with Gasteiger partial charge in [0, 0.05) is 42.6 Å². The average molecular weight is 654 g/mol. The van der Waals surface area contributed by atoms with Crippen molar-refractivity contribution in [3.63, 3.8) is 0 Å². The Morgan fingerprint density at radius 1 is 1.13 bits per heavy atom. The van der Waals surface area contributed by atoms with Crippen LogP contribution >= 0.6 is 11.6 Å². The number of pyridine rings is 1. The maximum atomic E-state index is 14.1. The number of hydrogen-bond acceptors (Lipinski definition) is 7. The molecular weight excluding hydrogens is 621 g/mol. The van der Waals surface area contributed by atoms with Crippen molar-refractivity contribution in [2.24, 2.45) is 11.3 Å². The second kappa shape index (κ2) is 12.9. The number of fused-ring (bicyclic) bond motifs is 1. The van der Waals surface area contributed by atoms with E-state index in [4.69, 9.17) is 26.1 Å². The quantitative estimate of drug-likeness (QED) is 0.176. The van der Waals surface area contributed by atoms with E-state index in [1.54, 1.807) is 6.07 Å². The standard InChI is InChI=1S/C36H33ClFN5O4/c37-24-5-9-32(29(38)19-24)46-21-25-2-1-3-34(40-25)47-26-10-16-42(17-11-26)20-33-41-30-8-4-23(27-6-7-28(27)35(44)45)18-31(30)43(33)22-36(12-13-36)14-15-39/h1-5,8-9,18-19,26-28H,10-14,16-17,20-22H2,(H,44,45). The van der Waals surface area contributed by atoms with Crippen molar-refractivity contribution in [3.8, 4) is 29.5 Å². The number of benzene rings is 2. The zero-order chi connectivity index (χ0) is 32.5. The van der Waals surface area contributed by atoms with Gasteiger partial charge in [-0.25, -0.2) is 14.4 Å². The summed E-state index contributed by atoms with van der Waals surface area (Å²) in [6.45, 7) is 3.11. The molecule has 0 bridgehead atoms. The van der Waals surface area contributed by atoms with E-state index >= 15 is 0 Å². The minimum absolute atomic E-state index is 0.00105. The summed E-state index contributed by atoms with van der Waals surface area (Å²) >= 11 is 5.83. The molecule has 11 heteroatoms. The number of aromatic nitrogens is 3. The van der Waals surface area contributed by atoms with E-state index in [-0.39, 0.29) is 29.8 Å². The number of imidazole rings is 1. The van der Waals surface area contributed by atoms with Crippen LogP contribution in [-0.4, -0.2) is 49.7 Å². The first-order valence-electron chi connectivity index (χ1n) is 15.8. The van der Waals surface area contributed by atoms with Crippen LogP contribution in [0, 0.1) is 40.3 Å². The SMILES string of the molecule is N#CCC1(Cn2c(CN3CCC(Oc4cccc(COc5ccc(Cl)cc5F)n4)CC3)nc3ccc(C4C#CC4C(=O)O)cc32)CC1. The molecule has 9 nitrogen and oxygen atoms in total. The van der Waals surface area contributed by atoms with E-state index in [0.717, 1.165) is 61.2 Å². The molecule has 4 aromatic rings. The molecule has 3 aliphatic rings. The first-order chi connectivity index (χ1) is 22.8. The van der Waals surface area contributed by atoms with Crippen molar-refractivity contribution in [3.05, 3.63) is 82.5 Å². The summed E-state index contributed by atoms with van der Waals surface area (Å²) in [5.41, 5.74) is 3.31. The first-order valence-corrected chi connectivity index (χ1v) is 16.2. The molecule has 2 atom stereocenters. The predicted octanol–water partition coefficient (Wildman–Crippen LogP) is 6.34. The van der Waals surface area contributed by atoms with Crippen LogP contribution in [0.2, 0.25) is 5.02 Å². The molecule has 7 rings (SSSR count). The number of nitrogens with zero attached hydrogens (tertiary/aromatic N) is 5. The van der Waals surface area contributed by atoms with Gasteiger partial charge < -0.3 is 19.1 Å². The molecule has 1 saturated heterocycles. The monoisotopic (exact) mass is 653 g/mol. The summed E-state index contributed by atoms with van der Waals surface area (Å²) in [6, 6.07) is 18.1. The van der Waals surface area contributed by atoms with E-state index in [1.807, 2.05) is 36.4 Å². The zero-order valence-electron chi connectivity index (χ0n) is 25.7. The molecule has 2 aromatic carbocycles. The Morgan fingerprint density at radius 2 is 1.96 bits per heavy atom. The van der Waals surface area contributed by atoms with Gasteiger partial charge in [0.1, 0.15) is 24.5 Å². The molecule has 240 valence electrons. The fraction of sp³-hybridized carbons (Fsp3) is 0.389. The highest BCUT2D eigenvalue weighted by atomic mass is 35.5. The summed E-state index contributed by atoms with van der Waals surface area (Å²) in [6.07, 6.45) is 4.16. The highest BCUT2D eigenvalue weighted by molar-refractivity contribution is 6.30. The van der Waals surface area contributed by atoms with Gasteiger partial charge in [-0.05, 0) is 67.6 Å². The first kappa shape index (κ1) is 31.0. The molecule has 1 saturated carbocycles. The number of ether oxygens (including phenoxy) is 2. The highest BCUT2D eigenvalue weighted by Gasteiger charge is 2.43. The minimum atomic E-state index is -0.898. The largest absolute Gasteiger partial charge is 0.484 e. The molecule has 0 radical (unpaired) electrons. The highest BCUT2D eigenvalue weighted by Crippen LogP contribution is 2.50. The molecule has 1 aliphatic heterocycles. The van der Waals surface area contributed by atoms with Gasteiger partial charge in [-0.15, -0.1) is 0 Å². The third kappa shape index (κ3) is 6.76. The lowest BCUT2D eigenvalue weighted by molar-refractivity contribution is -0.140. The Morgan fingerprint density at radius 3 is 2.66 bits per heavy atom. The van der Waals surface area contributed by atoms with Crippen molar-refractivity contribution >= 4 is 28.6 Å². The van der Waals surface area contributed by atoms with E-state index in [2.05, 4.69) is 32.4 Å². The van der Waals surface area contributed by atoms with Crippen LogP contribution in [0.5, 0.6) is 11.6 Å². The smallest absolute Gasteiger partial charge is 0.320 e. The van der Waals surface area contributed by atoms with Crippen LogP contribution in [0.3, 0.4) is 0 Å². The third-order valence-electron chi connectivity index (χ3n) is 9.35. The number of piperidine rings is 1. The molecule has 2 aromatic heterocycles. The number of hydrogen-bond donors (Lipinski definition) is 1. The summed E-state index contributed by atoms with van der Waals surface area (Å²) in [5.74, 6) is 4.91. The zero-order valence-corrected chi connectivity index (χ0v) is 26.4. The van der Waals surface area contributed by atoms with Gasteiger partial charge in [-0.3, -0.25) is 9.69 Å². The number of halogens is 2. The number of rotatable bonds is 12. The van der Waals surface area contributed by atoms with Crippen molar-refractivity contribution in [2.75, 3.05) is 13.1 Å². The van der Waals surface area contributed by atoms with Gasteiger partial charge in [0.2, 0.25) is 5.88 Å². The lowest BCUT2D eigenvalue weighted by Gasteiger charge is -2.32. The summed E-state index contributed by atoms with van der Waals surface area (Å²) in [7, 11) is 0. The van der Waals surface area contributed by atoms with Crippen molar-refractivity contribution in [2.45, 2.75) is 63.8 Å². The van der Waals surface area contributed by atoms with E-state index in [1.165, 1.54) is 12.1 Å². The van der Waals surface area contributed by atoms with Crippen LogP contribution in [0.4, 0.5) is 4.39 Å². The number of aliphatic carboxylic acids is 1. The lowest BCUT2D eigenvalue weighted by atomic mass is 9.80. The number of nitriles is 1. The fourth-order valence-corrected chi connectivity index (χ4v) is 6.54. The van der Waals surface area contributed by atoms with Gasteiger partial charge in [0.15, 0.2) is 11.6 Å². The Balaban J connectivity index is 1.01. The van der Waals surface area contributed by atoms with E-state index in [9.17, 15) is 19.6 Å². The summed E-state index contributed by atoms with van der Waals surface area (Å²) in [5, 5.41) is 19.3. The Kier molecular flexibility index (Phi) is 8.48. The number of carboxylic acid groups (broad SMARTS) is 1. The molecule has 0 amide bonds. The average Bonchev–Trinajstić information content (AvgIpc) is 3.71. The fourth-order valence-electron chi connectivity index (χ4n) is 6.38. The third-order valence-corrected chi connectivity index (χ3v) is 9.58. The molecule has 2 fully saturated rings. The van der Waals surface area contributed by atoms with Crippen LogP contribution in [0.1, 0.15) is 55.1 Å². The number of carbonyl (C=O) groups is 1. The van der Waals surface area contributed by atoms with E-state index < -0.39 is 17.7 Å². The maximum Gasteiger partial charge on any atom is 0.320 e. The number of likely N-dealkylation sites (tertiary alicyclic amines) is 1. The van der Waals surface area contributed by atoms with Gasteiger partial charge >= 0.3 is 5.97 Å². The second-order valence-corrected chi connectivity index (χ2v) is 13.1. The molecule has 2 unspecified atom stereocenters. The molecule has 0 spiro atoms. The second-order valence-electron chi connectivity index (χ2n) is 12.7. The van der Waals surface area contributed by atoms with Crippen molar-refractivity contribution in [1.82, 2.24) is 19.4 Å². The van der Waals surface area contributed by atoms with Crippen LogP contribution in [-0.2, 0) is 24.5 Å². The topological polar surface area (TPSA) is 114 Å². The molecule has 3 heterocycles. The Labute approximate surface area is 276 Å². The normalized spacial score (nSPS) is 20.1. The molecule has 2 aliphatic carbocycles. The van der Waals surface area contributed by atoms with Gasteiger partial charge in [0.05, 0.1) is 35.3 Å².